The van der Waals surface area contributed by atoms with Gasteiger partial charge in [-0.15, -0.1) is 11.8 Å². The van der Waals surface area contributed by atoms with Gasteiger partial charge in [-0.3, -0.25) is 0 Å². The van der Waals surface area contributed by atoms with E-state index in [0.29, 0.717) is 6.54 Å². The Balaban J connectivity index is 1.26. The maximum atomic E-state index is 12.3. The molecule has 2 aromatic rings. The van der Waals surface area contributed by atoms with E-state index in [0.717, 1.165) is 68.6 Å². The van der Waals surface area contributed by atoms with E-state index in [1.54, 1.807) is 0 Å². The first-order valence-corrected chi connectivity index (χ1v) is 15.2. The summed E-state index contributed by atoms with van der Waals surface area (Å²) in [6.07, 6.45) is 1.22. The molecule has 2 fully saturated rings. The van der Waals surface area contributed by atoms with Gasteiger partial charge in [0.2, 0.25) is 0 Å². The van der Waals surface area contributed by atoms with Crippen LogP contribution in [0.25, 0.3) is 0 Å². The first kappa shape index (κ1) is 29.8. The summed E-state index contributed by atoms with van der Waals surface area (Å²) in [4.78, 5) is 16.4. The van der Waals surface area contributed by atoms with Crippen LogP contribution in [0.2, 0.25) is 0 Å². The number of likely N-dealkylation sites (N-methyl/N-ethyl adjacent to an activating group) is 1. The maximum absolute atomic E-state index is 12.3. The van der Waals surface area contributed by atoms with Crippen molar-refractivity contribution < 1.29 is 24.9 Å². The van der Waals surface area contributed by atoms with E-state index in [1.807, 2.05) is 29.4 Å². The predicted octanol–water partition coefficient (Wildman–Crippen LogP) is 2.71. The van der Waals surface area contributed by atoms with Crippen molar-refractivity contribution in [3.63, 3.8) is 0 Å². The van der Waals surface area contributed by atoms with Crippen molar-refractivity contribution in [1.29, 1.82) is 0 Å². The topological polar surface area (TPSA) is 106 Å². The van der Waals surface area contributed by atoms with Crippen LogP contribution in [-0.2, 0) is 17.6 Å². The molecular formula is C30H43N3O5S. The lowest BCUT2D eigenvalue weighted by Crippen LogP contribution is -2.52. The number of aliphatic hydroxyl groups excluding tert-OH is 3. The Bertz CT molecular complexity index is 1070. The Hall–Kier alpha value is -2.14. The van der Waals surface area contributed by atoms with Crippen LogP contribution in [0.3, 0.4) is 0 Å². The minimum atomic E-state index is -1.26. The smallest absolute Gasteiger partial charge is 0.317 e. The van der Waals surface area contributed by atoms with E-state index in [2.05, 4.69) is 48.5 Å². The van der Waals surface area contributed by atoms with E-state index in [-0.39, 0.29) is 6.03 Å². The standard InChI is InChI=1S/C30H43N3O5S/c1-20-7-12-23(28-26(35)25(34)27(36)29(38-28)39-3)19-24(20)18-22-10-8-21(9-11-22)6-4-5-13-31-30(37)33-16-14-32(2)15-17-33/h7-12,19,25-29,34-36H,4-6,13-18H2,1-3H3,(H,31,37)/t25-,26-,27+,28+,29-/m1/s1. The average molecular weight is 558 g/mol. The average Bonchev–Trinajstić information content (AvgIpc) is 2.94. The van der Waals surface area contributed by atoms with Gasteiger partial charge in [-0.2, -0.15) is 0 Å². The van der Waals surface area contributed by atoms with Gasteiger partial charge in [-0.05, 0) is 73.7 Å². The number of piperazine rings is 1. The fourth-order valence-corrected chi connectivity index (χ4v) is 5.86. The Labute approximate surface area is 236 Å². The van der Waals surface area contributed by atoms with E-state index in [1.165, 1.54) is 22.9 Å². The minimum Gasteiger partial charge on any atom is -0.387 e. The number of urea groups is 1. The summed E-state index contributed by atoms with van der Waals surface area (Å²) < 4.78 is 5.96. The molecule has 2 aliphatic heterocycles. The summed E-state index contributed by atoms with van der Waals surface area (Å²) in [6.45, 7) is 6.21. The third-order valence-corrected chi connectivity index (χ3v) is 8.73. The van der Waals surface area contributed by atoms with Crippen molar-refractivity contribution in [3.05, 3.63) is 70.3 Å². The van der Waals surface area contributed by atoms with Crippen molar-refractivity contribution >= 4 is 17.8 Å². The molecule has 214 valence electrons. The SMILES string of the molecule is CS[C@H]1O[C@@H](c2ccc(C)c(Cc3ccc(CCCCNC(=O)N4CCN(C)CC4)cc3)c2)[C@H](O)[C@@H](O)[C@@H]1O. The molecule has 2 saturated heterocycles. The molecule has 0 aromatic heterocycles. The molecule has 0 saturated carbocycles. The molecule has 5 atom stereocenters. The highest BCUT2D eigenvalue weighted by Crippen LogP contribution is 2.36. The van der Waals surface area contributed by atoms with Crippen LogP contribution < -0.4 is 5.32 Å². The summed E-state index contributed by atoms with van der Waals surface area (Å²) in [5, 5.41) is 34.1. The summed E-state index contributed by atoms with van der Waals surface area (Å²) >= 11 is 1.32. The lowest BCUT2D eigenvalue weighted by molar-refractivity contribution is -0.200. The van der Waals surface area contributed by atoms with E-state index in [4.69, 9.17) is 4.74 Å². The minimum absolute atomic E-state index is 0.0502. The molecule has 0 aliphatic carbocycles. The molecule has 0 spiro atoms. The zero-order valence-corrected chi connectivity index (χ0v) is 24.1. The summed E-state index contributed by atoms with van der Waals surface area (Å²) in [5.74, 6) is 0. The first-order chi connectivity index (χ1) is 18.8. The fourth-order valence-electron chi connectivity index (χ4n) is 5.19. The molecule has 2 heterocycles. The van der Waals surface area contributed by atoms with Gasteiger partial charge < -0.3 is 35.2 Å². The Morgan fingerprint density at radius 2 is 1.67 bits per heavy atom. The number of ether oxygens (including phenoxy) is 1. The zero-order valence-electron chi connectivity index (χ0n) is 23.3. The van der Waals surface area contributed by atoms with Crippen LogP contribution in [0, 0.1) is 6.92 Å². The number of benzene rings is 2. The molecule has 0 bridgehead atoms. The van der Waals surface area contributed by atoms with Crippen molar-refractivity contribution in [2.75, 3.05) is 46.0 Å². The van der Waals surface area contributed by atoms with E-state index >= 15 is 0 Å². The second-order valence-corrected chi connectivity index (χ2v) is 11.7. The number of carbonyl (C=O) groups is 1. The second-order valence-electron chi connectivity index (χ2n) is 10.8. The van der Waals surface area contributed by atoms with Crippen LogP contribution in [-0.4, -0.2) is 101 Å². The van der Waals surface area contributed by atoms with Crippen LogP contribution in [0.4, 0.5) is 4.79 Å². The van der Waals surface area contributed by atoms with Gasteiger partial charge in [0.1, 0.15) is 29.9 Å². The quantitative estimate of drug-likeness (QED) is 0.352. The number of nitrogens with zero attached hydrogens (tertiary/aromatic N) is 2. The molecular weight excluding hydrogens is 514 g/mol. The number of hydrogen-bond donors (Lipinski definition) is 4. The van der Waals surface area contributed by atoms with Crippen molar-refractivity contribution in [2.24, 2.45) is 0 Å². The molecule has 0 radical (unpaired) electrons. The Kier molecular flexibility index (Phi) is 10.7. The summed E-state index contributed by atoms with van der Waals surface area (Å²) in [7, 11) is 2.08. The normalized spacial score (nSPS) is 26.0. The van der Waals surface area contributed by atoms with Crippen molar-refractivity contribution in [3.8, 4) is 0 Å². The van der Waals surface area contributed by atoms with Gasteiger partial charge in [-0.1, -0.05) is 42.5 Å². The number of aliphatic hydroxyl groups is 3. The number of nitrogens with one attached hydrogen (secondary N) is 1. The highest BCUT2D eigenvalue weighted by Gasteiger charge is 2.44. The predicted molar refractivity (Wildman–Crippen MR) is 155 cm³/mol. The largest absolute Gasteiger partial charge is 0.387 e. The van der Waals surface area contributed by atoms with Gasteiger partial charge in [0.15, 0.2) is 0 Å². The molecule has 4 N–H and O–H groups in total. The van der Waals surface area contributed by atoms with Gasteiger partial charge in [0, 0.05) is 32.7 Å². The molecule has 4 rings (SSSR count). The summed E-state index contributed by atoms with van der Waals surface area (Å²) in [6, 6.07) is 14.7. The van der Waals surface area contributed by atoms with Gasteiger partial charge >= 0.3 is 6.03 Å². The lowest BCUT2D eigenvalue weighted by Gasteiger charge is -2.40. The number of thioether (sulfide) groups is 1. The van der Waals surface area contributed by atoms with Crippen molar-refractivity contribution in [1.82, 2.24) is 15.1 Å². The number of carbonyl (C=O) groups excluding carboxylic acids is 1. The number of amides is 2. The molecule has 0 unspecified atom stereocenters. The fraction of sp³-hybridized carbons (Fsp3) is 0.567. The lowest BCUT2D eigenvalue weighted by atomic mass is 9.91. The van der Waals surface area contributed by atoms with Crippen LogP contribution >= 0.6 is 11.8 Å². The van der Waals surface area contributed by atoms with Crippen molar-refractivity contribution in [2.45, 2.75) is 62.5 Å². The highest BCUT2D eigenvalue weighted by atomic mass is 32.2. The van der Waals surface area contributed by atoms with Crippen LogP contribution in [0.1, 0.15) is 46.8 Å². The number of unbranched alkanes of at least 4 members (excludes halogenated alkanes) is 1. The first-order valence-electron chi connectivity index (χ1n) is 13.9. The number of hydrogen-bond acceptors (Lipinski definition) is 7. The van der Waals surface area contributed by atoms with Crippen LogP contribution in [0.15, 0.2) is 42.5 Å². The Morgan fingerprint density at radius 1 is 0.974 bits per heavy atom. The van der Waals surface area contributed by atoms with E-state index < -0.39 is 29.9 Å². The number of rotatable bonds is 9. The maximum Gasteiger partial charge on any atom is 0.317 e. The molecule has 9 heteroatoms. The zero-order chi connectivity index (χ0) is 27.9. The van der Waals surface area contributed by atoms with Gasteiger partial charge in [0.25, 0.3) is 0 Å². The number of aryl methyl sites for hydroxylation is 2. The third-order valence-electron chi connectivity index (χ3n) is 7.88. The third kappa shape index (κ3) is 7.74. The molecule has 2 aromatic carbocycles. The Morgan fingerprint density at radius 3 is 2.36 bits per heavy atom. The molecule has 2 amide bonds. The van der Waals surface area contributed by atoms with Gasteiger partial charge in [0.05, 0.1) is 0 Å². The molecule has 2 aliphatic rings. The molecule has 39 heavy (non-hydrogen) atoms. The summed E-state index contributed by atoms with van der Waals surface area (Å²) in [5.41, 5.74) is 4.95. The highest BCUT2D eigenvalue weighted by molar-refractivity contribution is 7.99. The van der Waals surface area contributed by atoms with Gasteiger partial charge in [-0.25, -0.2) is 4.79 Å². The monoisotopic (exact) mass is 557 g/mol. The molecule has 8 nitrogen and oxygen atoms in total. The van der Waals surface area contributed by atoms with E-state index in [9.17, 15) is 20.1 Å². The second kappa shape index (κ2) is 14.0. The van der Waals surface area contributed by atoms with Crippen LogP contribution in [0.5, 0.6) is 0 Å².